The third-order valence-electron chi connectivity index (χ3n) is 4.27. The molecule has 0 radical (unpaired) electrons. The highest BCUT2D eigenvalue weighted by molar-refractivity contribution is 6.39. The fourth-order valence-electron chi connectivity index (χ4n) is 2.65. The largest absolute Gasteiger partial charge is 0.480 e. The molecule has 182 valence electrons. The maximum absolute atomic E-state index is 12.4. The van der Waals surface area contributed by atoms with Crippen LogP contribution in [0.25, 0.3) is 0 Å². The quantitative estimate of drug-likeness (QED) is 0.159. The first kappa shape index (κ1) is 26.9. The van der Waals surface area contributed by atoms with Crippen molar-refractivity contribution in [1.82, 2.24) is 16.0 Å². The Morgan fingerprint density at radius 3 is 2.34 bits per heavy atom. The van der Waals surface area contributed by atoms with Gasteiger partial charge in [-0.05, 0) is 30.3 Å². The van der Waals surface area contributed by atoms with Crippen LogP contribution in [0.15, 0.2) is 47.5 Å². The molecule has 0 heterocycles. The molecule has 2 rings (SSSR count). The van der Waals surface area contributed by atoms with Crippen LogP contribution in [-0.4, -0.2) is 53.9 Å². The van der Waals surface area contributed by atoms with Crippen LogP contribution in [0.3, 0.4) is 0 Å². The van der Waals surface area contributed by atoms with Crippen LogP contribution >= 0.6 is 23.2 Å². The Balaban J connectivity index is 1.90. The molecule has 0 aliphatic rings. The summed E-state index contributed by atoms with van der Waals surface area (Å²) in [5.74, 6) is -3.70. The number of halogens is 2. The molecule has 14 heteroatoms. The van der Waals surface area contributed by atoms with Crippen LogP contribution in [0.1, 0.15) is 20.7 Å². The highest BCUT2D eigenvalue weighted by Crippen LogP contribution is 2.24. The van der Waals surface area contributed by atoms with Crippen molar-refractivity contribution in [2.24, 2.45) is 10.7 Å². The van der Waals surface area contributed by atoms with Gasteiger partial charge in [0.15, 0.2) is 0 Å². The zero-order valence-electron chi connectivity index (χ0n) is 17.8. The minimum atomic E-state index is -1.49. The Bertz CT molecular complexity index is 1190. The number of nitrogens with two attached hydrogens (primary N) is 1. The lowest BCUT2D eigenvalue weighted by Gasteiger charge is -2.16. The number of nitriles is 1. The van der Waals surface area contributed by atoms with E-state index in [2.05, 4.69) is 26.3 Å². The van der Waals surface area contributed by atoms with E-state index < -0.39 is 42.8 Å². The maximum atomic E-state index is 12.4. The second-order valence-electron chi connectivity index (χ2n) is 6.75. The number of rotatable bonds is 9. The van der Waals surface area contributed by atoms with Crippen LogP contribution in [0.4, 0.5) is 5.69 Å². The Kier molecular flexibility index (Phi) is 9.83. The van der Waals surface area contributed by atoms with Crippen LogP contribution in [0.2, 0.25) is 10.0 Å². The molecule has 0 fully saturated rings. The predicted octanol–water partition coefficient (Wildman–Crippen LogP) is 0.930. The van der Waals surface area contributed by atoms with E-state index in [9.17, 15) is 24.3 Å². The molecule has 0 aliphatic carbocycles. The smallest absolute Gasteiger partial charge is 0.328 e. The minimum absolute atomic E-state index is 0.0326. The topological polar surface area (TPSA) is 199 Å². The summed E-state index contributed by atoms with van der Waals surface area (Å²) in [6, 6.07) is 8.90. The van der Waals surface area contributed by atoms with Crippen molar-refractivity contribution in [3.63, 3.8) is 0 Å². The van der Waals surface area contributed by atoms with Crippen LogP contribution in [0, 0.1) is 11.5 Å². The average molecular weight is 520 g/mol. The number of nitrogens with one attached hydrogen (secondary N) is 4. The van der Waals surface area contributed by atoms with Gasteiger partial charge in [-0.2, -0.15) is 5.26 Å². The number of carbonyl (C=O) groups excluding carboxylic acids is 3. The number of anilines is 1. The van der Waals surface area contributed by atoms with Gasteiger partial charge in [-0.15, -0.1) is 4.99 Å². The Labute approximate surface area is 209 Å². The molecule has 0 aliphatic heterocycles. The van der Waals surface area contributed by atoms with E-state index in [-0.39, 0.29) is 27.1 Å². The van der Waals surface area contributed by atoms with Gasteiger partial charge in [-0.3, -0.25) is 14.4 Å². The second kappa shape index (κ2) is 12.8. The van der Waals surface area contributed by atoms with E-state index in [1.165, 1.54) is 36.5 Å². The SMILES string of the molecule is N#CN=C(N)Nc1cccc(C(=O)NCC(=O)NCC(NC(=O)c2c(Cl)cccc2Cl)C(=O)O)c1. The second-order valence-corrected chi connectivity index (χ2v) is 7.56. The molecule has 1 unspecified atom stereocenters. The number of carbonyl (C=O) groups is 4. The third kappa shape index (κ3) is 8.18. The molecule has 7 N–H and O–H groups in total. The lowest BCUT2D eigenvalue weighted by atomic mass is 10.2. The third-order valence-corrected chi connectivity index (χ3v) is 4.90. The number of amides is 3. The van der Waals surface area contributed by atoms with Crippen molar-refractivity contribution in [3.8, 4) is 6.19 Å². The van der Waals surface area contributed by atoms with E-state index in [0.717, 1.165) is 0 Å². The van der Waals surface area contributed by atoms with Crippen LogP contribution in [0.5, 0.6) is 0 Å². The van der Waals surface area contributed by atoms with Crippen LogP contribution < -0.4 is 27.0 Å². The van der Waals surface area contributed by atoms with E-state index in [1.54, 1.807) is 12.1 Å². The molecule has 0 saturated carbocycles. The highest BCUT2D eigenvalue weighted by atomic mass is 35.5. The van der Waals surface area contributed by atoms with Gasteiger partial charge in [0.05, 0.1) is 22.2 Å². The summed E-state index contributed by atoms with van der Waals surface area (Å²) in [6.07, 6.45) is 1.51. The first-order chi connectivity index (χ1) is 16.6. The van der Waals surface area contributed by atoms with Crippen molar-refractivity contribution < 1.29 is 24.3 Å². The summed E-state index contributed by atoms with van der Waals surface area (Å²) >= 11 is 11.9. The molecule has 1 atom stereocenters. The van der Waals surface area contributed by atoms with E-state index >= 15 is 0 Å². The Morgan fingerprint density at radius 1 is 1.06 bits per heavy atom. The molecular formula is C21H19Cl2N7O5. The molecule has 0 spiro atoms. The minimum Gasteiger partial charge on any atom is -0.480 e. The van der Waals surface area contributed by atoms with Gasteiger partial charge in [0.25, 0.3) is 11.8 Å². The van der Waals surface area contributed by atoms with Crippen molar-refractivity contribution in [3.05, 3.63) is 63.6 Å². The number of aliphatic imine (C=N–C) groups is 1. The molecular weight excluding hydrogens is 501 g/mol. The predicted molar refractivity (Wildman–Crippen MR) is 128 cm³/mol. The number of nitrogens with zero attached hydrogens (tertiary/aromatic N) is 2. The summed E-state index contributed by atoms with van der Waals surface area (Å²) in [6.45, 7) is -0.931. The molecule has 0 aromatic heterocycles. The molecule has 35 heavy (non-hydrogen) atoms. The summed E-state index contributed by atoms with van der Waals surface area (Å²) in [7, 11) is 0. The monoisotopic (exact) mass is 519 g/mol. The number of hydrogen-bond donors (Lipinski definition) is 6. The van der Waals surface area contributed by atoms with E-state index in [4.69, 9.17) is 34.2 Å². The summed E-state index contributed by atoms with van der Waals surface area (Å²) in [4.78, 5) is 51.6. The van der Waals surface area contributed by atoms with Crippen molar-refractivity contribution >= 4 is 58.5 Å². The van der Waals surface area contributed by atoms with E-state index in [0.29, 0.717) is 5.69 Å². The molecule has 0 bridgehead atoms. The van der Waals surface area contributed by atoms with Gasteiger partial charge in [-0.1, -0.05) is 35.3 Å². The first-order valence-electron chi connectivity index (χ1n) is 9.74. The van der Waals surface area contributed by atoms with Gasteiger partial charge in [0, 0.05) is 17.8 Å². The fourth-order valence-corrected chi connectivity index (χ4v) is 3.22. The van der Waals surface area contributed by atoms with E-state index in [1.807, 2.05) is 0 Å². The van der Waals surface area contributed by atoms with Crippen molar-refractivity contribution in [2.45, 2.75) is 6.04 Å². The molecule has 3 amide bonds. The fraction of sp³-hybridized carbons (Fsp3) is 0.143. The molecule has 2 aromatic carbocycles. The Morgan fingerprint density at radius 2 is 1.71 bits per heavy atom. The number of carboxylic acid groups (broad SMARTS) is 1. The number of carboxylic acids is 1. The molecule has 2 aromatic rings. The number of benzene rings is 2. The average Bonchev–Trinajstić information content (AvgIpc) is 2.80. The van der Waals surface area contributed by atoms with Gasteiger partial charge in [-0.25, -0.2) is 4.79 Å². The zero-order chi connectivity index (χ0) is 26.0. The zero-order valence-corrected chi connectivity index (χ0v) is 19.4. The van der Waals surface area contributed by atoms with Gasteiger partial charge in [0.2, 0.25) is 18.1 Å². The summed E-state index contributed by atoms with van der Waals surface area (Å²) < 4.78 is 0. The maximum Gasteiger partial charge on any atom is 0.328 e. The normalized spacial score (nSPS) is 11.5. The first-order valence-corrected chi connectivity index (χ1v) is 10.5. The van der Waals surface area contributed by atoms with Gasteiger partial charge < -0.3 is 32.1 Å². The number of aliphatic carboxylic acids is 1. The van der Waals surface area contributed by atoms with Gasteiger partial charge >= 0.3 is 5.97 Å². The standard InChI is InChI=1S/C21H19Cl2N7O5/c22-13-5-2-6-14(23)17(13)19(33)30-15(20(34)35)8-26-16(31)9-27-18(32)11-3-1-4-12(7-11)29-21(25)28-10-24/h1-7,15H,8-9H2,(H,26,31)(H,27,32)(H,30,33)(H,34,35)(H3,25,28,29). The summed E-state index contributed by atoms with van der Waals surface area (Å²) in [5, 5.41) is 27.5. The molecule has 12 nitrogen and oxygen atoms in total. The van der Waals surface area contributed by atoms with Crippen LogP contribution in [-0.2, 0) is 9.59 Å². The van der Waals surface area contributed by atoms with Crippen molar-refractivity contribution in [1.29, 1.82) is 5.26 Å². The number of hydrogen-bond acceptors (Lipinski definition) is 6. The van der Waals surface area contributed by atoms with Crippen molar-refractivity contribution in [2.75, 3.05) is 18.4 Å². The number of guanidine groups is 1. The van der Waals surface area contributed by atoms with Gasteiger partial charge in [0.1, 0.15) is 6.04 Å². The lowest BCUT2D eigenvalue weighted by molar-refractivity contribution is -0.139. The Hall–Kier alpha value is -4.34. The highest BCUT2D eigenvalue weighted by Gasteiger charge is 2.24. The summed E-state index contributed by atoms with van der Waals surface area (Å²) in [5.41, 5.74) is 5.95. The molecule has 0 saturated heterocycles. The lowest BCUT2D eigenvalue weighted by Crippen LogP contribution is -2.50.